The highest BCUT2D eigenvalue weighted by Gasteiger charge is 2.55. The van der Waals surface area contributed by atoms with Gasteiger partial charge < -0.3 is 10.8 Å². The Bertz CT molecular complexity index is 352. The van der Waals surface area contributed by atoms with Crippen LogP contribution < -0.4 is 5.73 Å². The molecule has 1 aromatic rings. The van der Waals surface area contributed by atoms with Crippen LogP contribution >= 0.6 is 0 Å². The predicted octanol–water partition coefficient (Wildman–Crippen LogP) is 1.53. The topological polar surface area (TPSA) is 46.2 Å². The van der Waals surface area contributed by atoms with Crippen molar-refractivity contribution in [2.45, 2.75) is 11.8 Å². The summed E-state index contributed by atoms with van der Waals surface area (Å²) in [5.41, 5.74) is 0.661. The van der Waals surface area contributed by atoms with Crippen LogP contribution in [0.4, 0.5) is 17.6 Å². The molecule has 0 radical (unpaired) electrons. The summed E-state index contributed by atoms with van der Waals surface area (Å²) in [5, 5.41) is 9.32. The van der Waals surface area contributed by atoms with Crippen molar-refractivity contribution < 1.29 is 22.7 Å². The zero-order chi connectivity index (χ0) is 11.7. The predicted molar refractivity (Wildman–Crippen MR) is 45.4 cm³/mol. The van der Waals surface area contributed by atoms with Gasteiger partial charge in [-0.2, -0.15) is 13.2 Å². The Labute approximate surface area is 83.3 Å². The van der Waals surface area contributed by atoms with Gasteiger partial charge in [-0.05, 0) is 6.07 Å². The smallest absolute Gasteiger partial charge is 0.375 e. The van der Waals surface area contributed by atoms with Gasteiger partial charge in [-0.15, -0.1) is 0 Å². The SMILES string of the molecule is NCC(O)(c1ccccc1F)C(F)(F)F. The van der Waals surface area contributed by atoms with Gasteiger partial charge in [0.1, 0.15) is 5.82 Å². The van der Waals surface area contributed by atoms with E-state index in [1.54, 1.807) is 0 Å². The van der Waals surface area contributed by atoms with Crippen LogP contribution in [0, 0.1) is 5.82 Å². The molecule has 0 aromatic heterocycles. The molecule has 0 aliphatic carbocycles. The third-order valence-electron chi connectivity index (χ3n) is 2.08. The van der Waals surface area contributed by atoms with Gasteiger partial charge in [0.05, 0.1) is 0 Å². The molecule has 84 valence electrons. The highest BCUT2D eigenvalue weighted by molar-refractivity contribution is 5.26. The van der Waals surface area contributed by atoms with Crippen LogP contribution in [0.5, 0.6) is 0 Å². The van der Waals surface area contributed by atoms with Crippen LogP contribution in [-0.4, -0.2) is 17.8 Å². The van der Waals surface area contributed by atoms with Crippen LogP contribution in [0.2, 0.25) is 0 Å². The van der Waals surface area contributed by atoms with Crippen LogP contribution in [0.1, 0.15) is 5.56 Å². The fraction of sp³-hybridized carbons (Fsp3) is 0.333. The monoisotopic (exact) mass is 223 g/mol. The fourth-order valence-corrected chi connectivity index (χ4v) is 1.18. The van der Waals surface area contributed by atoms with Crippen molar-refractivity contribution in [3.05, 3.63) is 35.6 Å². The van der Waals surface area contributed by atoms with Gasteiger partial charge >= 0.3 is 6.18 Å². The molecule has 1 rings (SSSR count). The number of benzene rings is 1. The number of rotatable bonds is 2. The van der Waals surface area contributed by atoms with E-state index < -0.39 is 29.7 Å². The van der Waals surface area contributed by atoms with Gasteiger partial charge in [-0.3, -0.25) is 0 Å². The Morgan fingerprint density at radius 3 is 2.13 bits per heavy atom. The molecule has 2 nitrogen and oxygen atoms in total. The van der Waals surface area contributed by atoms with Crippen LogP contribution in [0.15, 0.2) is 24.3 Å². The van der Waals surface area contributed by atoms with Gasteiger partial charge in [-0.1, -0.05) is 18.2 Å². The number of nitrogens with two attached hydrogens (primary N) is 1. The molecule has 1 unspecified atom stereocenters. The molecule has 1 atom stereocenters. The average molecular weight is 223 g/mol. The molecule has 0 amide bonds. The standard InChI is InChI=1S/C9H9F4NO/c10-7-4-2-1-3-6(7)8(15,5-14)9(11,12)13/h1-4,15H,5,14H2. The van der Waals surface area contributed by atoms with Crippen molar-refractivity contribution in [2.24, 2.45) is 5.73 Å². The highest BCUT2D eigenvalue weighted by atomic mass is 19.4. The molecular weight excluding hydrogens is 214 g/mol. The lowest BCUT2D eigenvalue weighted by Crippen LogP contribution is -2.48. The second kappa shape index (κ2) is 3.79. The minimum Gasteiger partial charge on any atom is -0.375 e. The minimum absolute atomic E-state index is 0.835. The van der Waals surface area contributed by atoms with Gasteiger partial charge in [0.15, 0.2) is 0 Å². The summed E-state index contributed by atoms with van der Waals surface area (Å²) in [4.78, 5) is 0. The molecule has 3 N–H and O–H groups in total. The molecular formula is C9H9F4NO. The summed E-state index contributed by atoms with van der Waals surface area (Å²) in [6.45, 7) is -1.13. The lowest BCUT2D eigenvalue weighted by atomic mass is 9.93. The molecule has 0 spiro atoms. The molecule has 0 fully saturated rings. The molecule has 0 bridgehead atoms. The summed E-state index contributed by atoms with van der Waals surface area (Å²) in [6.07, 6.45) is -5.01. The normalized spacial score (nSPS) is 16.1. The first-order valence-electron chi connectivity index (χ1n) is 4.07. The Morgan fingerprint density at radius 2 is 1.73 bits per heavy atom. The maximum Gasteiger partial charge on any atom is 0.422 e. The van der Waals surface area contributed by atoms with E-state index in [1.807, 2.05) is 0 Å². The second-order valence-corrected chi connectivity index (χ2v) is 3.04. The molecule has 1 aromatic carbocycles. The third kappa shape index (κ3) is 1.95. The van der Waals surface area contributed by atoms with Crippen LogP contribution in [-0.2, 0) is 5.60 Å². The van der Waals surface area contributed by atoms with Crippen molar-refractivity contribution in [3.63, 3.8) is 0 Å². The summed E-state index contributed by atoms with van der Waals surface area (Å²) in [7, 11) is 0. The lowest BCUT2D eigenvalue weighted by molar-refractivity contribution is -0.263. The first-order chi connectivity index (χ1) is 6.83. The molecule has 6 heteroatoms. The first kappa shape index (κ1) is 11.9. The molecule has 15 heavy (non-hydrogen) atoms. The van der Waals surface area contributed by atoms with Crippen LogP contribution in [0.3, 0.4) is 0 Å². The molecule has 0 saturated heterocycles. The Hall–Kier alpha value is -1.14. The van der Waals surface area contributed by atoms with Gasteiger partial charge in [0.25, 0.3) is 0 Å². The van der Waals surface area contributed by atoms with Crippen molar-refractivity contribution in [1.29, 1.82) is 0 Å². The zero-order valence-corrected chi connectivity index (χ0v) is 7.55. The zero-order valence-electron chi connectivity index (χ0n) is 7.55. The van der Waals surface area contributed by atoms with Crippen molar-refractivity contribution in [1.82, 2.24) is 0 Å². The van der Waals surface area contributed by atoms with Gasteiger partial charge in [-0.25, -0.2) is 4.39 Å². The lowest BCUT2D eigenvalue weighted by Gasteiger charge is -2.29. The summed E-state index contributed by atoms with van der Waals surface area (Å²) in [5.74, 6) is -1.14. The van der Waals surface area contributed by atoms with E-state index >= 15 is 0 Å². The van der Waals surface area contributed by atoms with E-state index in [1.165, 1.54) is 12.1 Å². The fourth-order valence-electron chi connectivity index (χ4n) is 1.18. The molecule has 0 aliphatic rings. The first-order valence-corrected chi connectivity index (χ1v) is 4.07. The second-order valence-electron chi connectivity index (χ2n) is 3.04. The Morgan fingerprint density at radius 1 is 1.20 bits per heavy atom. The molecule has 0 aliphatic heterocycles. The summed E-state index contributed by atoms with van der Waals surface area (Å²) < 4.78 is 50.5. The van der Waals surface area contributed by atoms with E-state index in [0.29, 0.717) is 0 Å². The van der Waals surface area contributed by atoms with E-state index in [4.69, 9.17) is 5.73 Å². The van der Waals surface area contributed by atoms with Crippen LogP contribution in [0.25, 0.3) is 0 Å². The maximum absolute atomic E-state index is 13.1. The molecule has 0 heterocycles. The van der Waals surface area contributed by atoms with E-state index in [2.05, 4.69) is 0 Å². The average Bonchev–Trinajstić information content (AvgIpc) is 2.15. The highest BCUT2D eigenvalue weighted by Crippen LogP contribution is 2.38. The van der Waals surface area contributed by atoms with Crippen molar-refractivity contribution in [2.75, 3.05) is 6.54 Å². The summed E-state index contributed by atoms with van der Waals surface area (Å²) >= 11 is 0. The van der Waals surface area contributed by atoms with Crippen molar-refractivity contribution >= 4 is 0 Å². The molecule has 0 saturated carbocycles. The Balaban J connectivity index is 3.30. The summed E-state index contributed by atoms with van der Waals surface area (Å²) in [6, 6.07) is 4.12. The minimum atomic E-state index is -5.01. The van der Waals surface area contributed by atoms with E-state index in [-0.39, 0.29) is 0 Å². The number of hydrogen-bond donors (Lipinski definition) is 2. The van der Waals surface area contributed by atoms with Crippen molar-refractivity contribution in [3.8, 4) is 0 Å². The number of hydrogen-bond acceptors (Lipinski definition) is 2. The Kier molecular flexibility index (Phi) is 3.01. The van der Waals surface area contributed by atoms with E-state index in [0.717, 1.165) is 12.1 Å². The van der Waals surface area contributed by atoms with Gasteiger partial charge in [0.2, 0.25) is 5.60 Å². The quantitative estimate of drug-likeness (QED) is 0.747. The van der Waals surface area contributed by atoms with Gasteiger partial charge in [0, 0.05) is 12.1 Å². The number of alkyl halides is 3. The number of aliphatic hydroxyl groups is 1. The number of halogens is 4. The maximum atomic E-state index is 13.1. The third-order valence-corrected chi connectivity index (χ3v) is 2.08. The largest absolute Gasteiger partial charge is 0.422 e. The van der Waals surface area contributed by atoms with E-state index in [9.17, 15) is 22.7 Å².